The van der Waals surface area contributed by atoms with Gasteiger partial charge in [0.15, 0.2) is 0 Å². The van der Waals surface area contributed by atoms with Gasteiger partial charge < -0.3 is 15.2 Å². The van der Waals surface area contributed by atoms with Crippen LogP contribution in [-0.2, 0) is 0 Å². The topological polar surface area (TPSA) is 84.2 Å². The number of rotatable bonds is 3. The monoisotopic (exact) mass is 273 g/mol. The molecule has 6 heteroatoms. The van der Waals surface area contributed by atoms with Crippen molar-refractivity contribution in [3.63, 3.8) is 0 Å². The second-order valence-corrected chi connectivity index (χ2v) is 4.40. The van der Waals surface area contributed by atoms with Crippen LogP contribution in [0.3, 0.4) is 0 Å². The van der Waals surface area contributed by atoms with Gasteiger partial charge >= 0.3 is 0 Å². The summed E-state index contributed by atoms with van der Waals surface area (Å²) in [4.78, 5) is 23.4. The minimum absolute atomic E-state index is 0.150. The van der Waals surface area contributed by atoms with Crippen LogP contribution in [0.1, 0.15) is 32.2 Å². The van der Waals surface area contributed by atoms with Crippen LogP contribution in [0.5, 0.6) is 0 Å². The summed E-state index contributed by atoms with van der Waals surface area (Å²) in [7, 11) is 1.57. The van der Waals surface area contributed by atoms with Crippen molar-refractivity contribution in [3.05, 3.63) is 46.8 Å². The molecule has 0 aliphatic heterocycles. The second kappa shape index (κ2) is 5.56. The predicted molar refractivity (Wildman–Crippen MR) is 73.8 cm³/mol. The smallest absolute Gasteiger partial charge is 0.294 e. The minimum Gasteiger partial charge on any atom is -0.355 e. The number of amides is 2. The Morgan fingerprint density at radius 3 is 2.45 bits per heavy atom. The van der Waals surface area contributed by atoms with Crippen molar-refractivity contribution < 1.29 is 14.1 Å². The van der Waals surface area contributed by atoms with Crippen LogP contribution >= 0.6 is 0 Å². The quantitative estimate of drug-likeness (QED) is 0.894. The third-order valence-electron chi connectivity index (χ3n) is 2.82. The van der Waals surface area contributed by atoms with Crippen LogP contribution in [0.15, 0.2) is 28.8 Å². The lowest BCUT2D eigenvalue weighted by atomic mass is 10.1. The van der Waals surface area contributed by atoms with E-state index in [2.05, 4.69) is 15.8 Å². The molecule has 1 heterocycles. The molecule has 0 atom stereocenters. The van der Waals surface area contributed by atoms with E-state index in [1.807, 2.05) is 6.92 Å². The highest BCUT2D eigenvalue weighted by molar-refractivity contribution is 6.03. The number of hydrogen-bond acceptors (Lipinski definition) is 4. The van der Waals surface area contributed by atoms with Crippen molar-refractivity contribution in [3.8, 4) is 0 Å². The fraction of sp³-hybridized carbons (Fsp3) is 0.214. The Bertz CT molecular complexity index is 661. The van der Waals surface area contributed by atoms with E-state index < -0.39 is 0 Å². The van der Waals surface area contributed by atoms with Gasteiger partial charge in [-0.3, -0.25) is 9.59 Å². The van der Waals surface area contributed by atoms with E-state index in [-0.39, 0.29) is 17.6 Å². The van der Waals surface area contributed by atoms with E-state index in [0.29, 0.717) is 16.9 Å². The van der Waals surface area contributed by atoms with Crippen LogP contribution in [0.25, 0.3) is 0 Å². The molecule has 0 fully saturated rings. The van der Waals surface area contributed by atoms with E-state index in [1.54, 1.807) is 38.2 Å². The highest BCUT2D eigenvalue weighted by atomic mass is 16.5. The lowest BCUT2D eigenvalue weighted by Gasteiger charge is -2.08. The summed E-state index contributed by atoms with van der Waals surface area (Å²) >= 11 is 0. The Labute approximate surface area is 116 Å². The number of benzene rings is 1. The van der Waals surface area contributed by atoms with Gasteiger partial charge in [-0.1, -0.05) is 5.16 Å². The highest BCUT2D eigenvalue weighted by Crippen LogP contribution is 2.17. The number of aryl methyl sites for hydroxylation is 2. The fourth-order valence-electron chi connectivity index (χ4n) is 1.74. The zero-order chi connectivity index (χ0) is 14.7. The van der Waals surface area contributed by atoms with Crippen molar-refractivity contribution in [2.45, 2.75) is 13.8 Å². The first-order valence-corrected chi connectivity index (χ1v) is 6.08. The number of nitrogens with zero attached hydrogens (tertiary/aromatic N) is 1. The number of hydrogen-bond donors (Lipinski definition) is 2. The molecular weight excluding hydrogens is 258 g/mol. The molecule has 0 unspecified atom stereocenters. The van der Waals surface area contributed by atoms with Crippen molar-refractivity contribution in [1.29, 1.82) is 0 Å². The molecule has 0 bridgehead atoms. The molecule has 0 spiro atoms. The second-order valence-electron chi connectivity index (χ2n) is 4.40. The molecule has 2 amide bonds. The van der Waals surface area contributed by atoms with E-state index in [1.165, 1.54) is 0 Å². The summed E-state index contributed by atoms with van der Waals surface area (Å²) in [6, 6.07) is 6.60. The van der Waals surface area contributed by atoms with E-state index in [0.717, 1.165) is 5.56 Å². The van der Waals surface area contributed by atoms with Crippen molar-refractivity contribution in [2.75, 3.05) is 12.4 Å². The van der Waals surface area contributed by atoms with Gasteiger partial charge in [-0.25, -0.2) is 0 Å². The van der Waals surface area contributed by atoms with Crippen molar-refractivity contribution in [2.24, 2.45) is 0 Å². The molecule has 2 aromatic rings. The maximum Gasteiger partial charge on any atom is 0.294 e. The summed E-state index contributed by atoms with van der Waals surface area (Å²) in [6.45, 7) is 3.55. The average Bonchev–Trinajstić information content (AvgIpc) is 2.86. The van der Waals surface area contributed by atoms with Crippen molar-refractivity contribution >= 4 is 17.5 Å². The Hall–Kier alpha value is -2.63. The maximum atomic E-state index is 11.9. The van der Waals surface area contributed by atoms with Gasteiger partial charge in [-0.2, -0.15) is 0 Å². The van der Waals surface area contributed by atoms with Gasteiger partial charge in [0.05, 0.1) is 5.69 Å². The Balaban J connectivity index is 2.18. The Morgan fingerprint density at radius 2 is 1.90 bits per heavy atom. The molecule has 0 saturated carbocycles. The van der Waals surface area contributed by atoms with Gasteiger partial charge in [0.1, 0.15) is 0 Å². The summed E-state index contributed by atoms with van der Waals surface area (Å²) in [5.74, 6) is -0.393. The van der Waals surface area contributed by atoms with Gasteiger partial charge in [0, 0.05) is 24.4 Å². The first kappa shape index (κ1) is 13.8. The van der Waals surface area contributed by atoms with Crippen LogP contribution in [0.4, 0.5) is 5.69 Å². The minimum atomic E-state index is -0.374. The maximum absolute atomic E-state index is 11.9. The summed E-state index contributed by atoms with van der Waals surface area (Å²) in [5, 5.41) is 8.93. The van der Waals surface area contributed by atoms with Crippen LogP contribution < -0.4 is 10.6 Å². The lowest BCUT2D eigenvalue weighted by molar-refractivity contribution is 0.0961. The van der Waals surface area contributed by atoms with Crippen LogP contribution in [0, 0.1) is 13.8 Å². The van der Waals surface area contributed by atoms with Gasteiger partial charge in [-0.05, 0) is 37.6 Å². The molecule has 6 nitrogen and oxygen atoms in total. The molecule has 104 valence electrons. The summed E-state index contributed by atoms with van der Waals surface area (Å²) in [5.41, 5.74) is 2.59. The van der Waals surface area contributed by atoms with E-state index >= 15 is 0 Å². The fourth-order valence-corrected chi connectivity index (χ4v) is 1.74. The Kier molecular flexibility index (Phi) is 3.84. The van der Waals surface area contributed by atoms with Gasteiger partial charge in [0.25, 0.3) is 11.8 Å². The SMILES string of the molecule is CNC(=O)c1ccc(NC(=O)c2cc(C)no2)c(C)c1. The van der Waals surface area contributed by atoms with Gasteiger partial charge in [-0.15, -0.1) is 0 Å². The van der Waals surface area contributed by atoms with Crippen LogP contribution in [-0.4, -0.2) is 24.0 Å². The number of nitrogens with one attached hydrogen (secondary N) is 2. The largest absolute Gasteiger partial charge is 0.355 e. The number of anilines is 1. The first-order valence-electron chi connectivity index (χ1n) is 6.08. The molecule has 0 radical (unpaired) electrons. The molecule has 0 saturated heterocycles. The molecule has 0 aliphatic carbocycles. The Morgan fingerprint density at radius 1 is 1.15 bits per heavy atom. The number of carbonyl (C=O) groups excluding carboxylic acids is 2. The van der Waals surface area contributed by atoms with Gasteiger partial charge in [0.2, 0.25) is 5.76 Å². The standard InChI is InChI=1S/C14H15N3O3/c1-8-6-10(13(18)15-3)4-5-11(8)16-14(19)12-7-9(2)17-20-12/h4-7H,1-3H3,(H,15,18)(H,16,19). The summed E-state index contributed by atoms with van der Waals surface area (Å²) < 4.78 is 4.89. The third kappa shape index (κ3) is 2.85. The summed E-state index contributed by atoms with van der Waals surface area (Å²) in [6.07, 6.45) is 0. The molecule has 20 heavy (non-hydrogen) atoms. The molecule has 2 rings (SSSR count). The van der Waals surface area contributed by atoms with E-state index in [4.69, 9.17) is 4.52 Å². The number of aromatic nitrogens is 1. The molecular formula is C14H15N3O3. The molecule has 0 aliphatic rings. The predicted octanol–water partition coefficient (Wildman–Crippen LogP) is 1.90. The third-order valence-corrected chi connectivity index (χ3v) is 2.82. The zero-order valence-electron chi connectivity index (χ0n) is 11.5. The molecule has 1 aromatic carbocycles. The van der Waals surface area contributed by atoms with Crippen molar-refractivity contribution in [1.82, 2.24) is 10.5 Å². The zero-order valence-corrected chi connectivity index (χ0v) is 11.5. The first-order chi connectivity index (χ1) is 9.51. The molecule has 2 N–H and O–H groups in total. The average molecular weight is 273 g/mol. The number of carbonyl (C=O) groups is 2. The lowest BCUT2D eigenvalue weighted by Crippen LogP contribution is -2.18. The molecule has 1 aromatic heterocycles. The highest BCUT2D eigenvalue weighted by Gasteiger charge is 2.13. The normalized spacial score (nSPS) is 10.2. The van der Waals surface area contributed by atoms with E-state index in [9.17, 15) is 9.59 Å². The van der Waals surface area contributed by atoms with Crippen LogP contribution in [0.2, 0.25) is 0 Å².